The van der Waals surface area contributed by atoms with Gasteiger partial charge in [-0.2, -0.15) is 0 Å². The van der Waals surface area contributed by atoms with Gasteiger partial charge in [0.15, 0.2) is 0 Å². The zero-order chi connectivity index (χ0) is 16.7. The average molecular weight is 377 g/mol. The molecule has 0 radical (unpaired) electrons. The fourth-order valence-electron chi connectivity index (χ4n) is 2.08. The van der Waals surface area contributed by atoms with Crippen molar-refractivity contribution in [3.63, 3.8) is 0 Å². The summed E-state index contributed by atoms with van der Waals surface area (Å²) in [5.74, 6) is -1.05. The molecular weight excluding hydrogens is 360 g/mol. The van der Waals surface area contributed by atoms with Gasteiger partial charge in [0.2, 0.25) is 0 Å². The summed E-state index contributed by atoms with van der Waals surface area (Å²) >= 11 is 3.45. The highest BCUT2D eigenvalue weighted by molar-refractivity contribution is 9.10. The second kappa shape index (κ2) is 8.48. The molecule has 2 aromatic carbocycles. The summed E-state index contributed by atoms with van der Waals surface area (Å²) in [6.07, 6.45) is 0.592. The van der Waals surface area contributed by atoms with Gasteiger partial charge in [-0.25, -0.2) is 9.59 Å². The minimum Gasteiger partial charge on any atom is -0.462 e. The lowest BCUT2D eigenvalue weighted by atomic mass is 10.1. The minimum absolute atomic E-state index is 0.220. The van der Waals surface area contributed by atoms with Crippen molar-refractivity contribution in [1.29, 1.82) is 0 Å². The first-order chi connectivity index (χ1) is 11.1. The zero-order valence-electron chi connectivity index (χ0n) is 12.8. The van der Waals surface area contributed by atoms with Crippen molar-refractivity contribution < 1.29 is 19.1 Å². The van der Waals surface area contributed by atoms with Crippen LogP contribution in [0.4, 0.5) is 0 Å². The molecule has 0 aromatic heterocycles. The molecule has 5 heteroatoms. The van der Waals surface area contributed by atoms with E-state index in [1.807, 2.05) is 24.3 Å². The van der Waals surface area contributed by atoms with E-state index < -0.39 is 11.9 Å². The molecule has 0 aliphatic heterocycles. The Morgan fingerprint density at radius 1 is 0.913 bits per heavy atom. The van der Waals surface area contributed by atoms with Crippen molar-refractivity contribution in [2.24, 2.45) is 0 Å². The maximum atomic E-state index is 12.2. The molecule has 0 unspecified atom stereocenters. The minimum atomic E-state index is -0.527. The quantitative estimate of drug-likeness (QED) is 0.714. The number of carbonyl (C=O) groups excluding carboxylic acids is 2. The molecule has 120 valence electrons. The van der Waals surface area contributed by atoms with Crippen LogP contribution in [0.1, 0.15) is 33.2 Å². The van der Waals surface area contributed by atoms with Crippen molar-refractivity contribution in [1.82, 2.24) is 0 Å². The van der Waals surface area contributed by atoms with Crippen LogP contribution in [0, 0.1) is 0 Å². The van der Waals surface area contributed by atoms with Crippen LogP contribution in [0.25, 0.3) is 0 Å². The number of esters is 2. The number of ether oxygens (including phenoxy) is 2. The third-order valence-electron chi connectivity index (χ3n) is 3.20. The van der Waals surface area contributed by atoms with E-state index >= 15 is 0 Å². The number of carbonyl (C=O) groups is 2. The average Bonchev–Trinajstić information content (AvgIpc) is 2.56. The fraction of sp³-hybridized carbons (Fsp3) is 0.222. The lowest BCUT2D eigenvalue weighted by Crippen LogP contribution is -2.15. The lowest BCUT2D eigenvalue weighted by molar-refractivity contribution is 0.0469. The summed E-state index contributed by atoms with van der Waals surface area (Å²) in [6, 6.07) is 14.2. The van der Waals surface area contributed by atoms with E-state index in [-0.39, 0.29) is 24.3 Å². The molecule has 0 N–H and O–H groups in total. The van der Waals surface area contributed by atoms with Gasteiger partial charge in [-0.1, -0.05) is 46.3 Å². The first-order valence-corrected chi connectivity index (χ1v) is 8.09. The van der Waals surface area contributed by atoms with Gasteiger partial charge in [0.1, 0.15) is 0 Å². The van der Waals surface area contributed by atoms with Crippen LogP contribution >= 0.6 is 15.9 Å². The van der Waals surface area contributed by atoms with Crippen molar-refractivity contribution in [3.05, 3.63) is 69.7 Å². The maximum Gasteiger partial charge on any atom is 0.339 e. The number of hydrogen-bond donors (Lipinski definition) is 0. The predicted molar refractivity (Wildman–Crippen MR) is 90.5 cm³/mol. The molecule has 4 nitrogen and oxygen atoms in total. The fourth-order valence-corrected chi connectivity index (χ4v) is 2.56. The molecule has 2 aromatic rings. The third kappa shape index (κ3) is 4.66. The number of benzene rings is 2. The largest absolute Gasteiger partial charge is 0.462 e. The zero-order valence-corrected chi connectivity index (χ0v) is 14.3. The van der Waals surface area contributed by atoms with Crippen LogP contribution in [0.2, 0.25) is 0 Å². The Morgan fingerprint density at radius 2 is 1.48 bits per heavy atom. The topological polar surface area (TPSA) is 52.6 Å². The van der Waals surface area contributed by atoms with E-state index in [1.54, 1.807) is 31.2 Å². The van der Waals surface area contributed by atoms with Gasteiger partial charge in [0.25, 0.3) is 0 Å². The Kier molecular flexibility index (Phi) is 6.35. The van der Waals surface area contributed by atoms with Crippen LogP contribution in [-0.2, 0) is 15.9 Å². The Hall–Kier alpha value is -2.14. The molecule has 0 atom stereocenters. The molecule has 0 saturated carbocycles. The second-order valence-electron chi connectivity index (χ2n) is 4.74. The Morgan fingerprint density at radius 3 is 2.09 bits per heavy atom. The van der Waals surface area contributed by atoms with Gasteiger partial charge in [-0.05, 0) is 30.7 Å². The highest BCUT2D eigenvalue weighted by Gasteiger charge is 2.18. The first-order valence-electron chi connectivity index (χ1n) is 7.30. The second-order valence-corrected chi connectivity index (χ2v) is 5.60. The molecule has 0 fully saturated rings. The van der Waals surface area contributed by atoms with Gasteiger partial charge in [0.05, 0.1) is 24.3 Å². The monoisotopic (exact) mass is 376 g/mol. The van der Waals surface area contributed by atoms with E-state index in [0.717, 1.165) is 10.0 Å². The van der Waals surface area contributed by atoms with Crippen molar-refractivity contribution in [2.75, 3.05) is 13.2 Å². The number of rotatable bonds is 6. The molecule has 0 amide bonds. The molecular formula is C18H17BrO4. The van der Waals surface area contributed by atoms with Crippen molar-refractivity contribution in [2.45, 2.75) is 13.3 Å². The molecule has 0 saturated heterocycles. The molecule has 0 aliphatic rings. The highest BCUT2D eigenvalue weighted by atomic mass is 79.9. The summed E-state index contributed by atoms with van der Waals surface area (Å²) in [5, 5.41) is 0. The van der Waals surface area contributed by atoms with Crippen LogP contribution in [0.3, 0.4) is 0 Å². The van der Waals surface area contributed by atoms with Gasteiger partial charge in [-0.3, -0.25) is 0 Å². The molecule has 0 aliphatic carbocycles. The Bertz CT molecular complexity index is 697. The Labute approximate surface area is 143 Å². The summed E-state index contributed by atoms with van der Waals surface area (Å²) in [5.41, 5.74) is 1.50. The van der Waals surface area contributed by atoms with Crippen molar-refractivity contribution in [3.8, 4) is 0 Å². The molecule has 0 heterocycles. The molecule has 23 heavy (non-hydrogen) atoms. The van der Waals surface area contributed by atoms with E-state index in [9.17, 15) is 9.59 Å². The van der Waals surface area contributed by atoms with E-state index in [2.05, 4.69) is 15.9 Å². The summed E-state index contributed by atoms with van der Waals surface area (Å²) < 4.78 is 11.2. The van der Waals surface area contributed by atoms with Crippen LogP contribution in [0.5, 0.6) is 0 Å². The SMILES string of the molecule is CCOC(=O)c1ccccc1C(=O)OCCc1ccccc1Br. The third-order valence-corrected chi connectivity index (χ3v) is 3.98. The summed E-state index contributed by atoms with van der Waals surface area (Å²) in [6.45, 7) is 2.21. The van der Waals surface area contributed by atoms with Crippen LogP contribution in [0.15, 0.2) is 53.0 Å². The standard InChI is InChI=1S/C18H17BrO4/c1-2-22-17(20)14-8-4-5-9-15(14)18(21)23-12-11-13-7-3-6-10-16(13)19/h3-10H,2,11-12H2,1H3. The normalized spacial score (nSPS) is 10.2. The molecule has 0 bridgehead atoms. The van der Waals surface area contributed by atoms with Crippen molar-refractivity contribution >= 4 is 27.9 Å². The van der Waals surface area contributed by atoms with Crippen LogP contribution < -0.4 is 0 Å². The number of halogens is 1. The van der Waals surface area contributed by atoms with Gasteiger partial charge >= 0.3 is 11.9 Å². The van der Waals surface area contributed by atoms with Gasteiger partial charge < -0.3 is 9.47 Å². The maximum absolute atomic E-state index is 12.2. The first kappa shape index (κ1) is 17.2. The Balaban J connectivity index is 2.01. The molecule has 0 spiro atoms. The van der Waals surface area contributed by atoms with E-state index in [1.165, 1.54) is 0 Å². The van der Waals surface area contributed by atoms with Crippen LogP contribution in [-0.4, -0.2) is 25.2 Å². The van der Waals surface area contributed by atoms with E-state index in [4.69, 9.17) is 9.47 Å². The van der Waals surface area contributed by atoms with Gasteiger partial charge in [-0.15, -0.1) is 0 Å². The smallest absolute Gasteiger partial charge is 0.339 e. The predicted octanol–water partition coefficient (Wildman–Crippen LogP) is 4.03. The summed E-state index contributed by atoms with van der Waals surface area (Å²) in [4.78, 5) is 24.1. The summed E-state index contributed by atoms with van der Waals surface area (Å²) in [7, 11) is 0. The number of hydrogen-bond acceptors (Lipinski definition) is 4. The lowest BCUT2D eigenvalue weighted by Gasteiger charge is -2.09. The van der Waals surface area contributed by atoms with Gasteiger partial charge in [0, 0.05) is 10.9 Å². The van der Waals surface area contributed by atoms with E-state index in [0.29, 0.717) is 6.42 Å². The highest BCUT2D eigenvalue weighted by Crippen LogP contribution is 2.17. The molecule has 2 rings (SSSR count).